The molecule has 1 amide bonds. The van der Waals surface area contributed by atoms with Crippen LogP contribution in [0.4, 0.5) is 10.5 Å². The number of benzene rings is 1. The van der Waals surface area contributed by atoms with Crippen molar-refractivity contribution in [1.82, 2.24) is 5.32 Å². The van der Waals surface area contributed by atoms with Crippen LogP contribution in [0.5, 0.6) is 5.75 Å². The summed E-state index contributed by atoms with van der Waals surface area (Å²) in [5.41, 5.74) is -0.319. The van der Waals surface area contributed by atoms with Gasteiger partial charge in [0.15, 0.2) is 5.75 Å². The lowest BCUT2D eigenvalue weighted by molar-refractivity contribution is -0.385. The number of phenolic OH excluding ortho intramolecular Hbond substituents is 1. The van der Waals surface area contributed by atoms with Gasteiger partial charge in [-0.1, -0.05) is 12.2 Å². The van der Waals surface area contributed by atoms with Crippen LogP contribution in [-0.4, -0.2) is 28.3 Å². The number of aromatic hydroxyl groups is 1. The molecule has 1 aromatic rings. The maximum Gasteiger partial charge on any atom is 0.407 e. The summed E-state index contributed by atoms with van der Waals surface area (Å²) in [6.07, 6.45) is 2.74. The molecule has 0 radical (unpaired) electrons. The Hall–Kier alpha value is -2.57. The number of carbonyl (C=O) groups excluding carboxylic acids is 1. The summed E-state index contributed by atoms with van der Waals surface area (Å²) in [5, 5.41) is 22.6. The van der Waals surface area contributed by atoms with Gasteiger partial charge in [-0.05, 0) is 38.5 Å². The topological polar surface area (TPSA) is 102 Å². The summed E-state index contributed by atoms with van der Waals surface area (Å²) >= 11 is 0. The SMILES string of the molecule is CC(C)(C)OC(=O)NCC=Cc1ccc([N+](=O)[O-])c(O)c1. The van der Waals surface area contributed by atoms with Crippen molar-refractivity contribution in [3.63, 3.8) is 0 Å². The Morgan fingerprint density at radius 2 is 2.14 bits per heavy atom. The van der Waals surface area contributed by atoms with Crippen molar-refractivity contribution in [2.75, 3.05) is 6.54 Å². The number of alkyl carbamates (subject to hydrolysis) is 1. The second-order valence-electron chi connectivity index (χ2n) is 5.29. The summed E-state index contributed by atoms with van der Waals surface area (Å²) in [4.78, 5) is 21.3. The molecular weight excluding hydrogens is 276 g/mol. The zero-order chi connectivity index (χ0) is 16.0. The van der Waals surface area contributed by atoms with E-state index in [-0.39, 0.29) is 12.2 Å². The predicted molar refractivity (Wildman–Crippen MR) is 78.0 cm³/mol. The first-order valence-corrected chi connectivity index (χ1v) is 6.30. The number of phenols is 1. The van der Waals surface area contributed by atoms with Gasteiger partial charge in [0, 0.05) is 12.6 Å². The standard InChI is InChI=1S/C14H18N2O5/c1-14(2,3)21-13(18)15-8-4-5-10-6-7-11(16(19)20)12(17)9-10/h4-7,9,17H,8H2,1-3H3,(H,15,18). The zero-order valence-electron chi connectivity index (χ0n) is 12.1. The summed E-state index contributed by atoms with van der Waals surface area (Å²) < 4.78 is 5.05. The molecule has 0 aliphatic carbocycles. The van der Waals surface area contributed by atoms with Crippen LogP contribution in [0.2, 0.25) is 0 Å². The van der Waals surface area contributed by atoms with Gasteiger partial charge in [0.1, 0.15) is 5.60 Å². The van der Waals surface area contributed by atoms with Crippen molar-refractivity contribution in [3.8, 4) is 5.75 Å². The molecule has 7 nitrogen and oxygen atoms in total. The van der Waals surface area contributed by atoms with E-state index in [1.165, 1.54) is 18.2 Å². The van der Waals surface area contributed by atoms with Crippen LogP contribution in [0.25, 0.3) is 6.08 Å². The summed E-state index contributed by atoms with van der Waals surface area (Å²) in [5.74, 6) is -0.401. The number of hydrogen-bond acceptors (Lipinski definition) is 5. The van der Waals surface area contributed by atoms with E-state index < -0.39 is 22.4 Å². The van der Waals surface area contributed by atoms with Crippen molar-refractivity contribution in [3.05, 3.63) is 40.0 Å². The second-order valence-corrected chi connectivity index (χ2v) is 5.29. The molecule has 7 heteroatoms. The fourth-order valence-electron chi connectivity index (χ4n) is 1.45. The molecule has 0 aliphatic rings. The zero-order valence-corrected chi connectivity index (χ0v) is 12.1. The van der Waals surface area contributed by atoms with E-state index in [4.69, 9.17) is 4.74 Å². The minimum atomic E-state index is -0.660. The molecule has 21 heavy (non-hydrogen) atoms. The average molecular weight is 294 g/mol. The Bertz CT molecular complexity index is 561. The van der Waals surface area contributed by atoms with Crippen molar-refractivity contribution in [1.29, 1.82) is 0 Å². The lowest BCUT2D eigenvalue weighted by atomic mass is 10.2. The third-order valence-electron chi connectivity index (χ3n) is 2.27. The molecule has 0 saturated heterocycles. The van der Waals surface area contributed by atoms with Gasteiger partial charge in [-0.15, -0.1) is 0 Å². The molecule has 1 aromatic carbocycles. The smallest absolute Gasteiger partial charge is 0.407 e. The molecule has 0 spiro atoms. The van der Waals surface area contributed by atoms with Crippen molar-refractivity contribution in [2.24, 2.45) is 0 Å². The van der Waals surface area contributed by atoms with Crippen molar-refractivity contribution >= 4 is 17.9 Å². The molecule has 0 aliphatic heterocycles. The van der Waals surface area contributed by atoms with Crippen LogP contribution in [0.1, 0.15) is 26.3 Å². The first-order chi connectivity index (χ1) is 9.69. The van der Waals surface area contributed by atoms with Gasteiger partial charge in [-0.3, -0.25) is 10.1 Å². The molecule has 0 fully saturated rings. The number of amides is 1. The fraction of sp³-hybridized carbons (Fsp3) is 0.357. The molecule has 0 atom stereocenters. The van der Waals surface area contributed by atoms with Crippen LogP contribution in [0, 0.1) is 10.1 Å². The molecule has 2 N–H and O–H groups in total. The first kappa shape index (κ1) is 16.5. The molecule has 1 rings (SSSR count). The molecule has 0 bridgehead atoms. The molecule has 0 aromatic heterocycles. The third-order valence-corrected chi connectivity index (χ3v) is 2.27. The Kier molecular flexibility index (Phi) is 5.29. The Labute approximate surface area is 122 Å². The van der Waals surface area contributed by atoms with Gasteiger partial charge in [-0.2, -0.15) is 0 Å². The Morgan fingerprint density at radius 1 is 1.48 bits per heavy atom. The quantitative estimate of drug-likeness (QED) is 0.656. The maximum atomic E-state index is 11.4. The number of nitrogens with one attached hydrogen (secondary N) is 1. The van der Waals surface area contributed by atoms with Gasteiger partial charge < -0.3 is 15.2 Å². The molecular formula is C14H18N2O5. The monoisotopic (exact) mass is 294 g/mol. The van der Waals surface area contributed by atoms with Crippen LogP contribution in [0.3, 0.4) is 0 Å². The Morgan fingerprint density at radius 3 is 2.67 bits per heavy atom. The highest BCUT2D eigenvalue weighted by atomic mass is 16.6. The van der Waals surface area contributed by atoms with E-state index in [0.29, 0.717) is 5.56 Å². The van der Waals surface area contributed by atoms with Gasteiger partial charge in [-0.25, -0.2) is 4.79 Å². The maximum absolute atomic E-state index is 11.4. The number of nitro groups is 1. The summed E-state index contributed by atoms with van der Waals surface area (Å²) in [7, 11) is 0. The fourth-order valence-corrected chi connectivity index (χ4v) is 1.45. The largest absolute Gasteiger partial charge is 0.502 e. The normalized spacial score (nSPS) is 11.4. The van der Waals surface area contributed by atoms with E-state index in [1.807, 2.05) is 0 Å². The molecule has 114 valence electrons. The average Bonchev–Trinajstić information content (AvgIpc) is 2.32. The van der Waals surface area contributed by atoms with E-state index >= 15 is 0 Å². The second kappa shape index (κ2) is 6.74. The molecule has 0 heterocycles. The van der Waals surface area contributed by atoms with Crippen LogP contribution >= 0.6 is 0 Å². The number of ether oxygens (including phenoxy) is 1. The van der Waals surface area contributed by atoms with Crippen molar-refractivity contribution < 1.29 is 19.6 Å². The van der Waals surface area contributed by atoms with E-state index in [9.17, 15) is 20.0 Å². The molecule has 0 unspecified atom stereocenters. The van der Waals surface area contributed by atoms with Gasteiger partial charge >= 0.3 is 11.8 Å². The van der Waals surface area contributed by atoms with E-state index in [2.05, 4.69) is 5.32 Å². The van der Waals surface area contributed by atoms with Crippen LogP contribution in [-0.2, 0) is 4.74 Å². The summed E-state index contributed by atoms with van der Waals surface area (Å²) in [6, 6.07) is 4.00. The van der Waals surface area contributed by atoms with Gasteiger partial charge in [0.2, 0.25) is 0 Å². The molecule has 0 saturated carbocycles. The minimum Gasteiger partial charge on any atom is -0.502 e. The number of hydrogen-bond donors (Lipinski definition) is 2. The third kappa shape index (κ3) is 5.94. The Balaban J connectivity index is 2.53. The number of carbonyl (C=O) groups is 1. The van der Waals surface area contributed by atoms with Crippen LogP contribution < -0.4 is 5.32 Å². The van der Waals surface area contributed by atoms with E-state index in [1.54, 1.807) is 32.9 Å². The lowest BCUT2D eigenvalue weighted by Gasteiger charge is -2.19. The minimum absolute atomic E-state index is 0.243. The highest BCUT2D eigenvalue weighted by molar-refractivity contribution is 5.68. The first-order valence-electron chi connectivity index (χ1n) is 6.30. The predicted octanol–water partition coefficient (Wildman–Crippen LogP) is 2.84. The highest BCUT2D eigenvalue weighted by Crippen LogP contribution is 2.26. The van der Waals surface area contributed by atoms with Gasteiger partial charge in [0.05, 0.1) is 4.92 Å². The number of nitrogens with zero attached hydrogens (tertiary/aromatic N) is 1. The highest BCUT2D eigenvalue weighted by Gasteiger charge is 2.15. The lowest BCUT2D eigenvalue weighted by Crippen LogP contribution is -2.32. The summed E-state index contributed by atoms with van der Waals surface area (Å²) in [6.45, 7) is 5.54. The van der Waals surface area contributed by atoms with Crippen molar-refractivity contribution in [2.45, 2.75) is 26.4 Å². The number of rotatable bonds is 4. The number of nitro benzene ring substituents is 1. The van der Waals surface area contributed by atoms with Gasteiger partial charge in [0.25, 0.3) is 0 Å². The van der Waals surface area contributed by atoms with E-state index in [0.717, 1.165) is 0 Å². The van der Waals surface area contributed by atoms with Crippen LogP contribution in [0.15, 0.2) is 24.3 Å².